The Morgan fingerprint density at radius 3 is 2.60 bits per heavy atom. The molecule has 0 spiro atoms. The van der Waals surface area contributed by atoms with E-state index in [0.29, 0.717) is 6.54 Å². The first-order valence-corrected chi connectivity index (χ1v) is 11.8. The summed E-state index contributed by atoms with van der Waals surface area (Å²) >= 11 is 2.68. The van der Waals surface area contributed by atoms with Gasteiger partial charge in [-0.1, -0.05) is 6.07 Å². The van der Waals surface area contributed by atoms with Crippen LogP contribution in [0.25, 0.3) is 15.9 Å². The average Bonchev–Trinajstić information content (AvgIpc) is 3.36. The van der Waals surface area contributed by atoms with Crippen molar-refractivity contribution >= 4 is 38.9 Å². The van der Waals surface area contributed by atoms with Crippen molar-refractivity contribution in [3.05, 3.63) is 63.3 Å². The Labute approximate surface area is 203 Å². The van der Waals surface area contributed by atoms with Crippen LogP contribution in [0, 0.1) is 6.92 Å². The first kappa shape index (κ1) is 23.3. The Hall–Kier alpha value is -3.45. The van der Waals surface area contributed by atoms with Crippen molar-refractivity contribution in [3.63, 3.8) is 0 Å². The molecule has 5 rings (SSSR count). The molecule has 0 aliphatic carbocycles. The number of carbonyl (C=O) groups excluding carboxylic acids is 1. The lowest BCUT2D eigenvalue weighted by Gasteiger charge is -2.31. The van der Waals surface area contributed by atoms with Gasteiger partial charge in [-0.15, -0.1) is 22.7 Å². The van der Waals surface area contributed by atoms with Crippen LogP contribution >= 0.6 is 22.7 Å². The number of halogens is 4. The van der Waals surface area contributed by atoms with E-state index in [2.05, 4.69) is 19.5 Å². The quantitative estimate of drug-likeness (QED) is 0.329. The van der Waals surface area contributed by atoms with Crippen molar-refractivity contribution in [1.82, 2.24) is 14.5 Å². The number of hydrogen-bond acceptors (Lipinski definition) is 6. The highest BCUT2D eigenvalue weighted by Crippen LogP contribution is 2.47. The predicted octanol–water partition coefficient (Wildman–Crippen LogP) is 5.57. The Kier molecular flexibility index (Phi) is 5.55. The second kappa shape index (κ2) is 8.34. The van der Waals surface area contributed by atoms with Crippen molar-refractivity contribution in [2.45, 2.75) is 25.7 Å². The van der Waals surface area contributed by atoms with Gasteiger partial charge in [-0.25, -0.2) is 9.78 Å². The van der Waals surface area contributed by atoms with Gasteiger partial charge in [0, 0.05) is 40.6 Å². The summed E-state index contributed by atoms with van der Waals surface area (Å²) in [7, 11) is 1.61. The number of fused-ring (bicyclic) bond motifs is 2. The monoisotopic (exact) mass is 524 g/mol. The lowest BCUT2D eigenvalue weighted by atomic mass is 10.2. The van der Waals surface area contributed by atoms with Gasteiger partial charge in [-0.2, -0.15) is 22.6 Å². The molecule has 1 aliphatic rings. The summed E-state index contributed by atoms with van der Waals surface area (Å²) in [4.78, 5) is 25.6. The number of ether oxygens (including phenoxy) is 2. The highest BCUT2D eigenvalue weighted by atomic mass is 32.1. The lowest BCUT2D eigenvalue weighted by molar-refractivity contribution is -0.391. The zero-order valence-corrected chi connectivity index (χ0v) is 19.8. The van der Waals surface area contributed by atoms with Crippen LogP contribution in [0.2, 0.25) is 0 Å². The van der Waals surface area contributed by atoms with Gasteiger partial charge in [-0.3, -0.25) is 4.57 Å². The Morgan fingerprint density at radius 2 is 1.86 bits per heavy atom. The van der Waals surface area contributed by atoms with Crippen LogP contribution in [0.3, 0.4) is 0 Å². The van der Waals surface area contributed by atoms with Gasteiger partial charge >= 0.3 is 18.2 Å². The number of thiophene rings is 1. The summed E-state index contributed by atoms with van der Waals surface area (Å²) in [5, 5.41) is 0.985. The number of rotatable bonds is 3. The van der Waals surface area contributed by atoms with Crippen LogP contribution in [0.4, 0.5) is 22.4 Å². The van der Waals surface area contributed by atoms with Gasteiger partial charge in [0.15, 0.2) is 16.3 Å². The number of hydrogen-bond donors (Lipinski definition) is 0. The fourth-order valence-corrected chi connectivity index (χ4v) is 5.27. The van der Waals surface area contributed by atoms with Gasteiger partial charge in [0.2, 0.25) is 0 Å². The number of carbonyl (C=O) groups is 1. The molecule has 1 aliphatic heterocycles. The molecule has 0 saturated heterocycles. The second-order valence-corrected chi connectivity index (χ2v) is 10.1. The molecule has 1 aromatic carbocycles. The van der Waals surface area contributed by atoms with E-state index in [1.807, 2.05) is 18.2 Å². The summed E-state index contributed by atoms with van der Waals surface area (Å²) in [5.74, 6) is -1.08. The molecule has 0 fully saturated rings. The number of benzene rings is 1. The summed E-state index contributed by atoms with van der Waals surface area (Å²) in [6.45, 7) is 2.10. The lowest BCUT2D eigenvalue weighted by Crippen LogP contribution is -2.52. The van der Waals surface area contributed by atoms with Gasteiger partial charge in [0.1, 0.15) is 4.83 Å². The van der Waals surface area contributed by atoms with Crippen LogP contribution in [0.5, 0.6) is 11.5 Å². The molecular formula is C22H16F4N4O3S2. The maximum Gasteiger partial charge on any atom is 0.507 e. The minimum absolute atomic E-state index is 0.270. The molecule has 0 unspecified atom stereocenters. The van der Waals surface area contributed by atoms with Crippen molar-refractivity contribution in [1.29, 1.82) is 0 Å². The molecule has 0 atom stereocenters. The van der Waals surface area contributed by atoms with Crippen molar-refractivity contribution in [2.24, 2.45) is 4.99 Å². The van der Waals surface area contributed by atoms with Crippen LogP contribution < -0.4 is 14.3 Å². The van der Waals surface area contributed by atoms with Crippen molar-refractivity contribution < 1.29 is 31.8 Å². The molecule has 35 heavy (non-hydrogen) atoms. The predicted molar refractivity (Wildman–Crippen MR) is 122 cm³/mol. The molecule has 7 nitrogen and oxygen atoms in total. The van der Waals surface area contributed by atoms with E-state index < -0.39 is 29.7 Å². The van der Waals surface area contributed by atoms with Crippen LogP contribution in [0.15, 0.2) is 53.8 Å². The van der Waals surface area contributed by atoms with Gasteiger partial charge in [0.25, 0.3) is 0 Å². The molecule has 13 heteroatoms. The molecule has 0 saturated carbocycles. The number of pyridine rings is 1. The SMILES string of the molecule is Cc1cn(-c2ccc3c(c2)OC(F)(F)C(F)(F)O3)/c(=N/C(=O)N(C)Cc2cc3cccnc3s2)s1. The van der Waals surface area contributed by atoms with Crippen molar-refractivity contribution in [2.75, 3.05) is 7.05 Å². The second-order valence-electron chi connectivity index (χ2n) is 7.72. The summed E-state index contributed by atoms with van der Waals surface area (Å²) in [6, 6.07) is 8.83. The summed E-state index contributed by atoms with van der Waals surface area (Å²) in [6.07, 6.45) is -6.28. The third-order valence-corrected chi connectivity index (χ3v) is 6.99. The summed E-state index contributed by atoms with van der Waals surface area (Å²) < 4.78 is 63.9. The molecule has 4 aromatic rings. The third kappa shape index (κ3) is 4.36. The topological polar surface area (TPSA) is 69.0 Å². The maximum absolute atomic E-state index is 13.6. The number of urea groups is 1. The van der Waals surface area contributed by atoms with E-state index in [9.17, 15) is 22.4 Å². The van der Waals surface area contributed by atoms with Gasteiger partial charge in [-0.05, 0) is 31.2 Å². The minimum atomic E-state index is -4.83. The smallest absolute Gasteiger partial charge is 0.421 e. The Morgan fingerprint density at radius 1 is 1.11 bits per heavy atom. The van der Waals surface area contributed by atoms with Crippen LogP contribution in [0.1, 0.15) is 9.75 Å². The average molecular weight is 525 g/mol. The number of amides is 2. The zero-order valence-electron chi connectivity index (χ0n) is 18.2. The van der Waals surface area contributed by atoms with Crippen molar-refractivity contribution in [3.8, 4) is 17.2 Å². The van der Waals surface area contributed by atoms with E-state index in [4.69, 9.17) is 0 Å². The highest BCUT2D eigenvalue weighted by Gasteiger charge is 2.65. The van der Waals surface area contributed by atoms with Crippen LogP contribution in [-0.2, 0) is 6.54 Å². The number of aryl methyl sites for hydroxylation is 1. The Balaban J connectivity index is 1.43. The molecule has 0 radical (unpaired) electrons. The van der Waals surface area contributed by atoms with E-state index in [0.717, 1.165) is 32.1 Å². The molecule has 0 bridgehead atoms. The first-order valence-electron chi connectivity index (χ1n) is 10.1. The minimum Gasteiger partial charge on any atom is -0.421 e. The standard InChI is InChI=1S/C22H16F4N4O3S2/c1-12-10-30(14-5-6-16-17(9-14)33-22(25,26)21(23,24)32-16)20(34-12)28-19(31)29(2)11-15-8-13-4-3-7-27-18(13)35-15/h3-10H,11H2,1-2H3/b28-20-. The van der Waals surface area contributed by atoms with E-state index >= 15 is 0 Å². The maximum atomic E-state index is 13.6. The molecule has 3 aromatic heterocycles. The number of thiazole rings is 1. The highest BCUT2D eigenvalue weighted by molar-refractivity contribution is 7.18. The fourth-order valence-electron chi connectivity index (χ4n) is 3.40. The first-order chi connectivity index (χ1) is 16.5. The number of nitrogens with zero attached hydrogens (tertiary/aromatic N) is 4. The van der Waals surface area contributed by atoms with E-state index in [1.54, 1.807) is 26.4 Å². The van der Waals surface area contributed by atoms with Gasteiger partial charge < -0.3 is 14.4 Å². The zero-order chi connectivity index (χ0) is 25.0. The van der Waals surface area contributed by atoms with Gasteiger partial charge in [0.05, 0.1) is 12.2 Å². The van der Waals surface area contributed by atoms with E-state index in [-0.39, 0.29) is 10.5 Å². The molecule has 4 heterocycles. The fraction of sp³-hybridized carbons (Fsp3) is 0.227. The molecular weight excluding hydrogens is 508 g/mol. The number of aromatic nitrogens is 2. The molecule has 2 amide bonds. The van der Waals surface area contributed by atoms with E-state index in [1.165, 1.54) is 38.2 Å². The number of alkyl halides is 4. The molecule has 0 N–H and O–H groups in total. The molecule has 182 valence electrons. The summed E-state index contributed by atoms with van der Waals surface area (Å²) in [5.41, 5.74) is 0.280. The normalized spacial score (nSPS) is 16.5. The van der Waals surface area contributed by atoms with Crippen LogP contribution in [-0.4, -0.2) is 39.7 Å². The Bertz CT molecular complexity index is 1480. The third-order valence-electron chi connectivity index (χ3n) is 5.05. The largest absolute Gasteiger partial charge is 0.507 e.